The number of hydrogen-bond acceptors (Lipinski definition) is 7. The van der Waals surface area contributed by atoms with E-state index in [0.29, 0.717) is 41.0 Å². The van der Waals surface area contributed by atoms with Crippen LogP contribution in [0.5, 0.6) is 11.5 Å². The van der Waals surface area contributed by atoms with Crippen LogP contribution in [0, 0.1) is 0 Å². The zero-order valence-electron chi connectivity index (χ0n) is 16.4. The van der Waals surface area contributed by atoms with Gasteiger partial charge in [-0.05, 0) is 24.5 Å². The Hall–Kier alpha value is -2.68. The summed E-state index contributed by atoms with van der Waals surface area (Å²) in [5.74, 6) is 0.721. The number of hydrogen-bond donors (Lipinski definition) is 0. The van der Waals surface area contributed by atoms with Gasteiger partial charge in [0.1, 0.15) is 11.5 Å². The van der Waals surface area contributed by atoms with Crippen LogP contribution in [0.15, 0.2) is 40.8 Å². The average Bonchev–Trinajstić information content (AvgIpc) is 3.25. The second-order valence-electron chi connectivity index (χ2n) is 6.80. The van der Waals surface area contributed by atoms with Crippen LogP contribution in [0.1, 0.15) is 35.5 Å². The minimum Gasteiger partial charge on any atom is -0.492 e. The highest BCUT2D eigenvalue weighted by molar-refractivity contribution is 7.03. The van der Waals surface area contributed by atoms with Gasteiger partial charge in [0.15, 0.2) is 11.2 Å². The normalized spacial score (nSPS) is 14.6. The molecule has 156 valence electrons. The van der Waals surface area contributed by atoms with Crippen molar-refractivity contribution in [2.75, 3.05) is 20.3 Å². The maximum absolute atomic E-state index is 12.5. The standard InChI is InChI=1S/C21H19ClN2O5S/c1-12(25)15-10-24-17(7-18(15)26)14-6-16(22)20(28-5-3-4-27-2)8-19(14)29-21(24)13-9-23-30-11-13/h6-11,21H,3-5H2,1-2H3. The second-order valence-corrected chi connectivity index (χ2v) is 7.87. The van der Waals surface area contributed by atoms with Crippen LogP contribution in [0.4, 0.5) is 0 Å². The summed E-state index contributed by atoms with van der Waals surface area (Å²) in [6.45, 7) is 2.40. The fourth-order valence-corrected chi connectivity index (χ4v) is 4.05. The van der Waals surface area contributed by atoms with E-state index in [-0.39, 0.29) is 16.8 Å². The first-order chi connectivity index (χ1) is 14.5. The SMILES string of the molecule is COCCCOc1cc2c(cc1Cl)-c1cc(=O)c(C(C)=O)cn1C(c1cnsc1)O2. The van der Waals surface area contributed by atoms with Gasteiger partial charge >= 0.3 is 0 Å². The summed E-state index contributed by atoms with van der Waals surface area (Å²) in [4.78, 5) is 24.5. The Kier molecular flexibility index (Phi) is 5.90. The minimum atomic E-state index is -0.576. The quantitative estimate of drug-likeness (QED) is 0.400. The first kappa shape index (κ1) is 20.6. The van der Waals surface area contributed by atoms with Crippen molar-refractivity contribution in [2.45, 2.75) is 19.6 Å². The van der Waals surface area contributed by atoms with Crippen LogP contribution in [-0.2, 0) is 4.74 Å². The summed E-state index contributed by atoms with van der Waals surface area (Å²) < 4.78 is 23.0. The Morgan fingerprint density at radius 2 is 2.17 bits per heavy atom. The van der Waals surface area contributed by atoms with Crippen LogP contribution < -0.4 is 14.9 Å². The number of Topliss-reactive ketones (excluding diaryl/α,β-unsaturated/α-hetero) is 1. The van der Waals surface area contributed by atoms with E-state index < -0.39 is 6.23 Å². The van der Waals surface area contributed by atoms with Crippen molar-refractivity contribution in [2.24, 2.45) is 0 Å². The van der Waals surface area contributed by atoms with Gasteiger partial charge in [0.2, 0.25) is 6.23 Å². The third-order valence-corrected chi connectivity index (χ3v) is 5.65. The van der Waals surface area contributed by atoms with Crippen LogP contribution in [0.2, 0.25) is 5.02 Å². The van der Waals surface area contributed by atoms with Crippen molar-refractivity contribution >= 4 is 28.9 Å². The molecule has 0 fully saturated rings. The highest BCUT2D eigenvalue weighted by atomic mass is 35.5. The number of aromatic nitrogens is 2. The van der Waals surface area contributed by atoms with Gasteiger partial charge in [0, 0.05) is 61.2 Å². The summed E-state index contributed by atoms with van der Waals surface area (Å²) in [7, 11) is 1.63. The molecule has 1 aromatic carbocycles. The molecule has 0 bridgehead atoms. The van der Waals surface area contributed by atoms with E-state index in [2.05, 4.69) is 4.37 Å². The Morgan fingerprint density at radius 3 is 2.87 bits per heavy atom. The molecule has 0 aliphatic carbocycles. The molecule has 3 aromatic rings. The Bertz CT molecular complexity index is 1140. The summed E-state index contributed by atoms with van der Waals surface area (Å²) in [5.41, 5.74) is 1.82. The van der Waals surface area contributed by atoms with Crippen molar-refractivity contribution in [3.8, 4) is 22.8 Å². The second kappa shape index (κ2) is 8.59. The van der Waals surface area contributed by atoms with E-state index >= 15 is 0 Å². The number of methoxy groups -OCH3 is 1. The smallest absolute Gasteiger partial charge is 0.205 e. The predicted octanol–water partition coefficient (Wildman–Crippen LogP) is 4.18. The summed E-state index contributed by atoms with van der Waals surface area (Å²) >= 11 is 7.73. The van der Waals surface area contributed by atoms with Gasteiger partial charge in [-0.3, -0.25) is 9.59 Å². The lowest BCUT2D eigenvalue weighted by Crippen LogP contribution is -2.27. The molecule has 30 heavy (non-hydrogen) atoms. The maximum Gasteiger partial charge on any atom is 0.205 e. The highest BCUT2D eigenvalue weighted by Gasteiger charge is 2.29. The summed E-state index contributed by atoms with van der Waals surface area (Å²) in [5, 5.41) is 2.27. The third kappa shape index (κ3) is 3.86. The van der Waals surface area contributed by atoms with Crippen LogP contribution in [0.25, 0.3) is 11.3 Å². The molecule has 0 spiro atoms. The van der Waals surface area contributed by atoms with Gasteiger partial charge in [-0.15, -0.1) is 0 Å². The lowest BCUT2D eigenvalue weighted by Gasteiger charge is -2.31. The highest BCUT2D eigenvalue weighted by Crippen LogP contribution is 2.44. The molecule has 1 aliphatic heterocycles. The number of benzene rings is 1. The number of nitrogens with zero attached hydrogens (tertiary/aromatic N) is 2. The van der Waals surface area contributed by atoms with Crippen molar-refractivity contribution in [1.29, 1.82) is 0 Å². The number of carbonyl (C=O) groups is 1. The van der Waals surface area contributed by atoms with Crippen LogP contribution >= 0.6 is 23.1 Å². The van der Waals surface area contributed by atoms with Gasteiger partial charge in [-0.1, -0.05) is 11.6 Å². The van der Waals surface area contributed by atoms with Crippen molar-refractivity contribution in [1.82, 2.24) is 8.94 Å². The lowest BCUT2D eigenvalue weighted by atomic mass is 10.0. The van der Waals surface area contributed by atoms with Gasteiger partial charge < -0.3 is 18.8 Å². The molecule has 0 radical (unpaired) electrons. The van der Waals surface area contributed by atoms with E-state index in [1.807, 2.05) is 5.38 Å². The number of halogens is 1. The Morgan fingerprint density at radius 1 is 1.33 bits per heavy atom. The summed E-state index contributed by atoms with van der Waals surface area (Å²) in [6, 6.07) is 4.88. The predicted molar refractivity (Wildman–Crippen MR) is 114 cm³/mol. The number of pyridine rings is 1. The van der Waals surface area contributed by atoms with Gasteiger partial charge in [-0.2, -0.15) is 0 Å². The molecule has 7 nitrogen and oxygen atoms in total. The molecule has 2 aromatic heterocycles. The monoisotopic (exact) mass is 446 g/mol. The Balaban J connectivity index is 1.81. The minimum absolute atomic E-state index is 0.100. The molecule has 0 saturated heterocycles. The third-order valence-electron chi connectivity index (χ3n) is 4.75. The molecule has 1 atom stereocenters. The van der Waals surface area contributed by atoms with E-state index in [4.69, 9.17) is 25.8 Å². The van der Waals surface area contributed by atoms with E-state index in [0.717, 1.165) is 12.0 Å². The molecule has 0 amide bonds. The average molecular weight is 447 g/mol. The van der Waals surface area contributed by atoms with Crippen molar-refractivity contribution < 1.29 is 19.0 Å². The van der Waals surface area contributed by atoms with Gasteiger partial charge in [0.25, 0.3) is 0 Å². The lowest BCUT2D eigenvalue weighted by molar-refractivity contribution is 0.101. The van der Waals surface area contributed by atoms with E-state index in [9.17, 15) is 9.59 Å². The number of fused-ring (bicyclic) bond motifs is 3. The topological polar surface area (TPSA) is 79.7 Å². The Labute approximate surface area is 181 Å². The van der Waals surface area contributed by atoms with E-state index in [1.54, 1.807) is 30.0 Å². The molecule has 1 unspecified atom stereocenters. The number of rotatable bonds is 7. The molecular weight excluding hydrogens is 428 g/mol. The molecule has 0 saturated carbocycles. The fourth-order valence-electron chi connectivity index (χ4n) is 3.29. The molecule has 3 heterocycles. The number of carbonyl (C=O) groups excluding carboxylic acids is 1. The first-order valence-corrected chi connectivity index (χ1v) is 10.5. The summed E-state index contributed by atoms with van der Waals surface area (Å²) in [6.07, 6.45) is 3.38. The van der Waals surface area contributed by atoms with E-state index in [1.165, 1.54) is 30.7 Å². The van der Waals surface area contributed by atoms with Crippen molar-refractivity contribution in [3.05, 3.63) is 62.3 Å². The zero-order valence-corrected chi connectivity index (χ0v) is 18.0. The van der Waals surface area contributed by atoms with Gasteiger partial charge in [-0.25, -0.2) is 4.37 Å². The van der Waals surface area contributed by atoms with Crippen molar-refractivity contribution in [3.63, 3.8) is 0 Å². The van der Waals surface area contributed by atoms with Crippen LogP contribution in [0.3, 0.4) is 0 Å². The number of ether oxygens (including phenoxy) is 3. The molecular formula is C21H19ClN2O5S. The number of ketones is 1. The molecule has 4 rings (SSSR count). The zero-order chi connectivity index (χ0) is 21.3. The first-order valence-electron chi connectivity index (χ1n) is 9.28. The molecule has 9 heteroatoms. The van der Waals surface area contributed by atoms with Crippen LogP contribution in [-0.4, -0.2) is 35.0 Å². The molecule has 0 N–H and O–H groups in total. The molecule has 1 aliphatic rings. The van der Waals surface area contributed by atoms with Gasteiger partial charge in [0.05, 0.1) is 22.9 Å². The largest absolute Gasteiger partial charge is 0.492 e. The maximum atomic E-state index is 12.5. The fraction of sp³-hybridized carbons (Fsp3) is 0.286.